The number of hydrogen-bond acceptors (Lipinski definition) is 6. The molecule has 23 heavy (non-hydrogen) atoms. The molecular formula is C15H21BrN2O5. The number of aliphatic hydroxyl groups is 1. The van der Waals surface area contributed by atoms with Crippen molar-refractivity contribution in [3.63, 3.8) is 0 Å². The largest absolute Gasteiger partial charge is 0.469 e. The van der Waals surface area contributed by atoms with E-state index in [9.17, 15) is 9.59 Å². The zero-order chi connectivity index (χ0) is 17.2. The third-order valence-electron chi connectivity index (χ3n) is 3.08. The van der Waals surface area contributed by atoms with E-state index < -0.39 is 5.92 Å². The Morgan fingerprint density at radius 1 is 1.39 bits per heavy atom. The van der Waals surface area contributed by atoms with Crippen molar-refractivity contribution in [1.29, 1.82) is 0 Å². The van der Waals surface area contributed by atoms with Crippen molar-refractivity contribution in [3.8, 4) is 0 Å². The molecule has 0 bridgehead atoms. The number of halogens is 1. The number of aromatic nitrogens is 1. The van der Waals surface area contributed by atoms with E-state index >= 15 is 0 Å². The van der Waals surface area contributed by atoms with E-state index in [2.05, 4.69) is 20.9 Å². The minimum Gasteiger partial charge on any atom is -0.469 e. The van der Waals surface area contributed by atoms with Gasteiger partial charge in [-0.3, -0.25) is 14.6 Å². The molecule has 0 saturated carbocycles. The maximum absolute atomic E-state index is 12.6. The van der Waals surface area contributed by atoms with Crippen LogP contribution in [0.5, 0.6) is 0 Å². The molecule has 0 aromatic carbocycles. The van der Waals surface area contributed by atoms with Gasteiger partial charge in [-0.05, 0) is 22.0 Å². The fraction of sp³-hybridized carbons (Fsp3) is 0.533. The van der Waals surface area contributed by atoms with Gasteiger partial charge in [-0.1, -0.05) is 6.92 Å². The van der Waals surface area contributed by atoms with E-state index in [1.165, 1.54) is 18.2 Å². The molecule has 0 fully saturated rings. The molecule has 1 rings (SSSR count). The predicted octanol–water partition coefficient (Wildman–Crippen LogP) is 1.10. The molecule has 8 heteroatoms. The van der Waals surface area contributed by atoms with Gasteiger partial charge in [0.25, 0.3) is 5.91 Å². The van der Waals surface area contributed by atoms with Gasteiger partial charge in [0.2, 0.25) is 0 Å². The summed E-state index contributed by atoms with van der Waals surface area (Å²) in [5.74, 6) is -1.09. The van der Waals surface area contributed by atoms with Crippen LogP contribution in [0.15, 0.2) is 22.9 Å². The number of ether oxygens (including phenoxy) is 2. The lowest BCUT2D eigenvalue weighted by Gasteiger charge is -2.25. The van der Waals surface area contributed by atoms with E-state index in [4.69, 9.17) is 14.6 Å². The topological polar surface area (TPSA) is 89.0 Å². The van der Waals surface area contributed by atoms with Crippen LogP contribution in [-0.2, 0) is 14.3 Å². The summed E-state index contributed by atoms with van der Waals surface area (Å²) in [6.07, 6.45) is 3.06. The zero-order valence-corrected chi connectivity index (χ0v) is 14.8. The van der Waals surface area contributed by atoms with Crippen molar-refractivity contribution in [1.82, 2.24) is 9.88 Å². The number of esters is 1. The molecule has 0 aliphatic carbocycles. The molecule has 1 unspecified atom stereocenters. The Balaban J connectivity index is 2.80. The van der Waals surface area contributed by atoms with Crippen LogP contribution in [0.2, 0.25) is 0 Å². The molecule has 1 N–H and O–H groups in total. The minimum atomic E-state index is -0.457. The average molecular weight is 389 g/mol. The summed E-state index contributed by atoms with van der Waals surface area (Å²) in [7, 11) is 1.31. The number of nitrogens with zero attached hydrogens (tertiary/aromatic N) is 2. The van der Waals surface area contributed by atoms with Gasteiger partial charge in [0.15, 0.2) is 0 Å². The zero-order valence-electron chi connectivity index (χ0n) is 13.2. The second-order valence-electron chi connectivity index (χ2n) is 4.90. The molecule has 1 amide bonds. The monoisotopic (exact) mass is 388 g/mol. The standard InChI is InChI=1S/C15H21BrN2O5/c1-11(15(21)22-2)10-18(3-5-23-6-4-19)14(20)12-7-13(16)9-17-8-12/h7-9,11,19H,3-6,10H2,1-2H3. The van der Waals surface area contributed by atoms with Crippen molar-refractivity contribution >= 4 is 27.8 Å². The first-order chi connectivity index (χ1) is 11.0. The Labute approximate surface area is 143 Å². The smallest absolute Gasteiger partial charge is 0.310 e. The normalized spacial score (nSPS) is 11.8. The molecule has 0 radical (unpaired) electrons. The van der Waals surface area contributed by atoms with E-state index in [1.807, 2.05) is 0 Å². The molecular weight excluding hydrogens is 368 g/mol. The highest BCUT2D eigenvalue weighted by atomic mass is 79.9. The summed E-state index contributed by atoms with van der Waals surface area (Å²) in [5, 5.41) is 8.72. The summed E-state index contributed by atoms with van der Waals surface area (Å²) < 4.78 is 10.6. The predicted molar refractivity (Wildman–Crippen MR) is 86.9 cm³/mol. The number of rotatable bonds is 9. The van der Waals surface area contributed by atoms with Crippen molar-refractivity contribution in [3.05, 3.63) is 28.5 Å². The molecule has 7 nitrogen and oxygen atoms in total. The van der Waals surface area contributed by atoms with Gasteiger partial charge in [0.1, 0.15) is 0 Å². The van der Waals surface area contributed by atoms with Gasteiger partial charge >= 0.3 is 5.97 Å². The molecule has 1 atom stereocenters. The number of methoxy groups -OCH3 is 1. The van der Waals surface area contributed by atoms with Gasteiger partial charge < -0.3 is 19.5 Å². The molecule has 0 aliphatic rings. The highest BCUT2D eigenvalue weighted by molar-refractivity contribution is 9.10. The number of aliphatic hydroxyl groups excluding tert-OH is 1. The molecule has 1 aromatic heterocycles. The molecule has 1 heterocycles. The number of carbonyl (C=O) groups excluding carboxylic acids is 2. The number of amides is 1. The van der Waals surface area contributed by atoms with E-state index in [0.717, 1.165) is 0 Å². The minimum absolute atomic E-state index is 0.0813. The average Bonchev–Trinajstić information content (AvgIpc) is 2.56. The maximum Gasteiger partial charge on any atom is 0.310 e. The van der Waals surface area contributed by atoms with Gasteiger partial charge in [0.05, 0.1) is 38.4 Å². The van der Waals surface area contributed by atoms with E-state index in [0.29, 0.717) is 16.6 Å². The molecule has 1 aromatic rings. The fourth-order valence-corrected chi connectivity index (χ4v) is 2.30. The van der Waals surface area contributed by atoms with Crippen molar-refractivity contribution in [2.24, 2.45) is 5.92 Å². The second-order valence-corrected chi connectivity index (χ2v) is 5.82. The Morgan fingerprint density at radius 2 is 2.13 bits per heavy atom. The Kier molecular flexibility index (Phi) is 8.75. The Hall–Kier alpha value is -1.51. The van der Waals surface area contributed by atoms with Crippen LogP contribution in [0, 0.1) is 5.92 Å². The van der Waals surface area contributed by atoms with E-state index in [-0.39, 0.29) is 38.2 Å². The van der Waals surface area contributed by atoms with Crippen LogP contribution in [0.4, 0.5) is 0 Å². The van der Waals surface area contributed by atoms with Gasteiger partial charge in [0, 0.05) is 30.0 Å². The first-order valence-corrected chi connectivity index (χ1v) is 7.95. The highest BCUT2D eigenvalue weighted by Crippen LogP contribution is 2.13. The van der Waals surface area contributed by atoms with Gasteiger partial charge in [-0.2, -0.15) is 0 Å². The Bertz CT molecular complexity index is 526. The lowest BCUT2D eigenvalue weighted by molar-refractivity contribution is -0.145. The molecule has 0 spiro atoms. The fourth-order valence-electron chi connectivity index (χ4n) is 1.93. The summed E-state index contributed by atoms with van der Waals surface area (Å²) in [5.41, 5.74) is 0.415. The second kappa shape index (κ2) is 10.3. The highest BCUT2D eigenvalue weighted by Gasteiger charge is 2.22. The summed E-state index contributed by atoms with van der Waals surface area (Å²) >= 11 is 3.28. The molecule has 0 saturated heterocycles. The lowest BCUT2D eigenvalue weighted by Crippen LogP contribution is -2.39. The van der Waals surface area contributed by atoms with Crippen molar-refractivity contribution in [2.45, 2.75) is 6.92 Å². The third kappa shape index (κ3) is 6.64. The van der Waals surface area contributed by atoms with Crippen LogP contribution in [-0.4, -0.2) is 66.9 Å². The summed E-state index contributed by atoms with van der Waals surface area (Å²) in [6.45, 7) is 2.59. The Morgan fingerprint density at radius 3 is 2.74 bits per heavy atom. The number of carbonyl (C=O) groups is 2. The quantitative estimate of drug-likeness (QED) is 0.503. The van der Waals surface area contributed by atoms with Crippen LogP contribution in [0.3, 0.4) is 0 Å². The lowest BCUT2D eigenvalue weighted by atomic mass is 10.1. The third-order valence-corrected chi connectivity index (χ3v) is 3.51. The number of pyridine rings is 1. The van der Waals surface area contributed by atoms with Gasteiger partial charge in [-0.25, -0.2) is 0 Å². The van der Waals surface area contributed by atoms with Crippen molar-refractivity contribution < 1.29 is 24.2 Å². The van der Waals surface area contributed by atoms with Crippen LogP contribution >= 0.6 is 15.9 Å². The summed E-state index contributed by atoms with van der Waals surface area (Å²) in [4.78, 5) is 29.7. The van der Waals surface area contributed by atoms with E-state index in [1.54, 1.807) is 19.2 Å². The van der Waals surface area contributed by atoms with Crippen LogP contribution < -0.4 is 0 Å². The molecule has 0 aliphatic heterocycles. The summed E-state index contributed by atoms with van der Waals surface area (Å²) in [6, 6.07) is 1.67. The van der Waals surface area contributed by atoms with Crippen LogP contribution in [0.25, 0.3) is 0 Å². The van der Waals surface area contributed by atoms with Gasteiger partial charge in [-0.15, -0.1) is 0 Å². The maximum atomic E-state index is 12.6. The van der Waals surface area contributed by atoms with Crippen LogP contribution in [0.1, 0.15) is 17.3 Å². The molecule has 128 valence electrons. The first-order valence-electron chi connectivity index (χ1n) is 7.15. The SMILES string of the molecule is COC(=O)C(C)CN(CCOCCO)C(=O)c1cncc(Br)c1. The number of hydrogen-bond donors (Lipinski definition) is 1. The van der Waals surface area contributed by atoms with Crippen molar-refractivity contribution in [2.75, 3.05) is 40.0 Å². The first kappa shape index (κ1) is 19.5.